The molecule has 1 heterocycles. The van der Waals surface area contributed by atoms with Gasteiger partial charge in [0.1, 0.15) is 12.5 Å². The molecule has 0 bridgehead atoms. The number of hydrogen-bond acceptors (Lipinski definition) is 2. The van der Waals surface area contributed by atoms with Gasteiger partial charge < -0.3 is 9.69 Å². The van der Waals surface area contributed by atoms with E-state index in [9.17, 15) is 14.0 Å². The topological polar surface area (TPSA) is 37.4 Å². The van der Waals surface area contributed by atoms with E-state index in [0.717, 1.165) is 39.8 Å². The summed E-state index contributed by atoms with van der Waals surface area (Å²) >= 11 is 0. The van der Waals surface area contributed by atoms with Crippen molar-refractivity contribution in [3.05, 3.63) is 52.6 Å². The van der Waals surface area contributed by atoms with Crippen molar-refractivity contribution in [2.75, 3.05) is 11.4 Å². The number of fused-ring (bicyclic) bond motifs is 1. The standard InChI is InChI=1S/C26H32FNO2.C2H6/c1-6-28-24-15-21(17(2)12-23(24)26(4,5)16-25(28)30)22-14-19(8-7-11-29)9-10-20(22)13-18(3)27;1-2/h9-12,14-15,18H,6-8,13,16H2,1-5H3;1-2H3. The Labute approximate surface area is 193 Å². The molecule has 1 unspecified atom stereocenters. The number of alkyl halides is 1. The van der Waals surface area contributed by atoms with Gasteiger partial charge in [-0.3, -0.25) is 4.79 Å². The fourth-order valence-electron chi connectivity index (χ4n) is 4.54. The van der Waals surface area contributed by atoms with Crippen molar-refractivity contribution in [3.8, 4) is 11.1 Å². The summed E-state index contributed by atoms with van der Waals surface area (Å²) < 4.78 is 13.9. The molecular formula is C28H38FNO2. The number of carbonyl (C=O) groups is 2. The van der Waals surface area contributed by atoms with Crippen LogP contribution in [0.15, 0.2) is 30.3 Å². The van der Waals surface area contributed by atoms with E-state index in [1.807, 2.05) is 37.8 Å². The van der Waals surface area contributed by atoms with Crippen LogP contribution in [-0.4, -0.2) is 24.9 Å². The van der Waals surface area contributed by atoms with Gasteiger partial charge in [-0.05, 0) is 66.6 Å². The number of hydrogen-bond donors (Lipinski definition) is 0. The van der Waals surface area contributed by atoms with Crippen molar-refractivity contribution >= 4 is 17.9 Å². The van der Waals surface area contributed by atoms with E-state index >= 15 is 0 Å². The molecule has 0 aromatic heterocycles. The molecule has 2 aromatic rings. The second kappa shape index (κ2) is 10.9. The van der Waals surface area contributed by atoms with Crippen LogP contribution in [0.1, 0.15) is 76.6 Å². The Kier molecular flexibility index (Phi) is 8.77. The molecule has 1 atom stereocenters. The summed E-state index contributed by atoms with van der Waals surface area (Å²) in [4.78, 5) is 25.5. The van der Waals surface area contributed by atoms with Gasteiger partial charge in [-0.2, -0.15) is 0 Å². The molecule has 1 amide bonds. The molecule has 0 saturated carbocycles. The summed E-state index contributed by atoms with van der Waals surface area (Å²) in [7, 11) is 0. The molecule has 1 aliphatic rings. The lowest BCUT2D eigenvalue weighted by Crippen LogP contribution is -2.41. The predicted molar refractivity (Wildman–Crippen MR) is 132 cm³/mol. The highest BCUT2D eigenvalue weighted by Gasteiger charge is 2.36. The van der Waals surface area contributed by atoms with Gasteiger partial charge in [0.15, 0.2) is 0 Å². The molecule has 0 saturated heterocycles. The van der Waals surface area contributed by atoms with Crippen molar-refractivity contribution in [3.63, 3.8) is 0 Å². The molecular weight excluding hydrogens is 401 g/mol. The van der Waals surface area contributed by atoms with Crippen LogP contribution in [0.4, 0.5) is 10.1 Å². The molecule has 3 nitrogen and oxygen atoms in total. The fraction of sp³-hybridized carbons (Fsp3) is 0.500. The Morgan fingerprint density at radius 2 is 1.84 bits per heavy atom. The number of aryl methyl sites for hydroxylation is 2. The molecule has 0 fully saturated rings. The highest BCUT2D eigenvalue weighted by molar-refractivity contribution is 5.99. The van der Waals surface area contributed by atoms with Gasteiger partial charge in [-0.25, -0.2) is 4.39 Å². The van der Waals surface area contributed by atoms with Gasteiger partial charge in [0.25, 0.3) is 0 Å². The first-order valence-corrected chi connectivity index (χ1v) is 11.8. The van der Waals surface area contributed by atoms with Crippen LogP contribution >= 0.6 is 0 Å². The lowest BCUT2D eigenvalue weighted by atomic mass is 9.75. The van der Waals surface area contributed by atoms with Crippen LogP contribution in [0.2, 0.25) is 0 Å². The number of carbonyl (C=O) groups excluding carboxylic acids is 2. The van der Waals surface area contributed by atoms with Gasteiger partial charge in [-0.1, -0.05) is 52.0 Å². The summed E-state index contributed by atoms with van der Waals surface area (Å²) in [6, 6.07) is 10.4. The zero-order valence-electron chi connectivity index (χ0n) is 20.7. The molecule has 0 aliphatic carbocycles. The molecule has 1 aliphatic heterocycles. The third-order valence-corrected chi connectivity index (χ3v) is 6.09. The first-order valence-electron chi connectivity index (χ1n) is 11.8. The first-order chi connectivity index (χ1) is 15.2. The summed E-state index contributed by atoms with van der Waals surface area (Å²) in [6.45, 7) is 14.5. The number of nitrogens with zero attached hydrogens (tertiary/aromatic N) is 1. The van der Waals surface area contributed by atoms with Crippen LogP contribution in [0.5, 0.6) is 0 Å². The molecule has 2 aromatic carbocycles. The van der Waals surface area contributed by atoms with E-state index in [1.54, 1.807) is 6.92 Å². The Bertz CT molecular complexity index is 962. The van der Waals surface area contributed by atoms with Gasteiger partial charge in [0, 0.05) is 36.9 Å². The lowest BCUT2D eigenvalue weighted by molar-refractivity contribution is -0.120. The Morgan fingerprint density at radius 1 is 1.16 bits per heavy atom. The van der Waals surface area contributed by atoms with Gasteiger partial charge >= 0.3 is 0 Å². The molecule has 4 heteroatoms. The van der Waals surface area contributed by atoms with Gasteiger partial charge in [0.2, 0.25) is 5.91 Å². The fourth-order valence-corrected chi connectivity index (χ4v) is 4.54. The van der Waals surface area contributed by atoms with E-state index in [1.165, 1.54) is 5.56 Å². The number of benzene rings is 2. The molecule has 0 N–H and O–H groups in total. The molecule has 0 radical (unpaired) electrons. The number of anilines is 1. The van der Waals surface area contributed by atoms with E-state index in [4.69, 9.17) is 0 Å². The van der Waals surface area contributed by atoms with Crippen molar-refractivity contribution in [2.45, 2.75) is 85.7 Å². The SMILES string of the molecule is CC.CCN1C(=O)CC(C)(C)c2cc(C)c(-c3cc(CCC=O)ccc3CC(C)F)cc21. The maximum absolute atomic E-state index is 13.9. The minimum absolute atomic E-state index is 0.141. The monoisotopic (exact) mass is 439 g/mol. The van der Waals surface area contributed by atoms with Crippen molar-refractivity contribution in [1.29, 1.82) is 0 Å². The van der Waals surface area contributed by atoms with Crippen molar-refractivity contribution in [1.82, 2.24) is 0 Å². The summed E-state index contributed by atoms with van der Waals surface area (Å²) in [5.41, 5.74) is 7.08. The second-order valence-corrected chi connectivity index (χ2v) is 9.06. The average molecular weight is 440 g/mol. The van der Waals surface area contributed by atoms with Crippen molar-refractivity contribution in [2.24, 2.45) is 0 Å². The second-order valence-electron chi connectivity index (χ2n) is 9.06. The van der Waals surface area contributed by atoms with E-state index in [-0.39, 0.29) is 11.3 Å². The smallest absolute Gasteiger partial charge is 0.227 e. The summed E-state index contributed by atoms with van der Waals surface area (Å²) in [5.74, 6) is 0.141. The Balaban J connectivity index is 0.00000176. The number of rotatable bonds is 7. The van der Waals surface area contributed by atoms with E-state index in [2.05, 4.69) is 39.0 Å². The molecule has 174 valence electrons. The zero-order valence-corrected chi connectivity index (χ0v) is 20.7. The van der Waals surface area contributed by atoms with Crippen molar-refractivity contribution < 1.29 is 14.0 Å². The zero-order chi connectivity index (χ0) is 24.1. The van der Waals surface area contributed by atoms with Gasteiger partial charge in [-0.15, -0.1) is 0 Å². The average Bonchev–Trinajstić information content (AvgIpc) is 2.74. The molecule has 0 spiro atoms. The van der Waals surface area contributed by atoms with Crippen LogP contribution in [-0.2, 0) is 27.8 Å². The molecule has 32 heavy (non-hydrogen) atoms. The van der Waals surface area contributed by atoms with E-state index < -0.39 is 6.17 Å². The predicted octanol–water partition coefficient (Wildman–Crippen LogP) is 6.75. The quantitative estimate of drug-likeness (QED) is 0.447. The number of amides is 1. The third kappa shape index (κ3) is 5.46. The Hall–Kier alpha value is -2.49. The maximum Gasteiger partial charge on any atom is 0.227 e. The lowest BCUT2D eigenvalue weighted by Gasteiger charge is -2.39. The highest BCUT2D eigenvalue weighted by atomic mass is 19.1. The Morgan fingerprint density at radius 3 is 2.44 bits per heavy atom. The summed E-state index contributed by atoms with van der Waals surface area (Å²) in [6.07, 6.45) is 1.94. The van der Waals surface area contributed by atoms with Crippen LogP contribution in [0.3, 0.4) is 0 Å². The summed E-state index contributed by atoms with van der Waals surface area (Å²) in [5, 5.41) is 0. The van der Waals surface area contributed by atoms with Crippen LogP contribution in [0, 0.1) is 6.92 Å². The van der Waals surface area contributed by atoms with Gasteiger partial charge in [0.05, 0.1) is 0 Å². The van der Waals surface area contributed by atoms with Crippen LogP contribution in [0.25, 0.3) is 11.1 Å². The minimum atomic E-state index is -0.949. The highest BCUT2D eigenvalue weighted by Crippen LogP contribution is 2.44. The number of halogens is 1. The van der Waals surface area contributed by atoms with Crippen LogP contribution < -0.4 is 4.90 Å². The third-order valence-electron chi connectivity index (χ3n) is 6.09. The maximum atomic E-state index is 13.9. The minimum Gasteiger partial charge on any atom is -0.312 e. The first kappa shape index (κ1) is 25.8. The normalized spacial score (nSPS) is 15.5. The molecule has 3 rings (SSSR count). The largest absolute Gasteiger partial charge is 0.312 e. The van der Waals surface area contributed by atoms with E-state index in [0.29, 0.717) is 32.2 Å². The number of aldehydes is 1.